The van der Waals surface area contributed by atoms with Crippen LogP contribution in [-0.2, 0) is 20.7 Å². The zero-order valence-corrected chi connectivity index (χ0v) is 18.8. The first-order valence-corrected chi connectivity index (χ1v) is 10.7. The van der Waals surface area contributed by atoms with Crippen molar-refractivity contribution in [3.05, 3.63) is 54.1 Å². The van der Waals surface area contributed by atoms with E-state index in [2.05, 4.69) is 0 Å². The molecule has 32 heavy (non-hydrogen) atoms. The monoisotopic (exact) mass is 446 g/mol. The summed E-state index contributed by atoms with van der Waals surface area (Å²) >= 11 is 0. The molecule has 0 saturated carbocycles. The van der Waals surface area contributed by atoms with Crippen molar-refractivity contribution in [1.82, 2.24) is 0 Å². The zero-order chi connectivity index (χ0) is 23.2. The molecule has 0 aliphatic heterocycles. The van der Waals surface area contributed by atoms with Gasteiger partial charge in [-0.3, -0.25) is 5.73 Å². The third-order valence-electron chi connectivity index (χ3n) is 4.61. The van der Waals surface area contributed by atoms with Crippen LogP contribution in [0.25, 0.3) is 0 Å². The lowest BCUT2D eigenvalue weighted by atomic mass is 10.1. The Morgan fingerprint density at radius 1 is 0.875 bits per heavy atom. The van der Waals surface area contributed by atoms with E-state index in [4.69, 9.17) is 35.2 Å². The van der Waals surface area contributed by atoms with Gasteiger partial charge in [-0.25, -0.2) is 4.79 Å². The molecule has 2 aromatic rings. The highest BCUT2D eigenvalue weighted by molar-refractivity contribution is 5.75. The summed E-state index contributed by atoms with van der Waals surface area (Å²) in [6.07, 6.45) is 1.28. The van der Waals surface area contributed by atoms with E-state index in [0.717, 1.165) is 35.7 Å². The molecular weight excluding hydrogens is 412 g/mol. The van der Waals surface area contributed by atoms with Gasteiger partial charge in [-0.2, -0.15) is 0 Å². The van der Waals surface area contributed by atoms with Crippen LogP contribution in [0.2, 0.25) is 0 Å². The van der Waals surface area contributed by atoms with Gasteiger partial charge in [-0.05, 0) is 55.3 Å². The highest BCUT2D eigenvalue weighted by Crippen LogP contribution is 2.18. The second-order valence-electron chi connectivity index (χ2n) is 7.34. The second kappa shape index (κ2) is 14.3. The van der Waals surface area contributed by atoms with Crippen molar-refractivity contribution in [2.24, 2.45) is 11.5 Å². The first kappa shape index (κ1) is 25.5. The molecule has 0 aliphatic carbocycles. The largest absolute Gasteiger partial charge is 0.494 e. The number of ether oxygens (including phenoxy) is 5. The first-order valence-electron chi connectivity index (χ1n) is 10.7. The van der Waals surface area contributed by atoms with Crippen molar-refractivity contribution in [1.29, 1.82) is 0 Å². The summed E-state index contributed by atoms with van der Waals surface area (Å²) in [5.74, 6) is 1.87. The van der Waals surface area contributed by atoms with Crippen LogP contribution < -0.4 is 25.7 Å². The Bertz CT molecular complexity index is 780. The van der Waals surface area contributed by atoms with E-state index in [9.17, 15) is 4.79 Å². The molecule has 0 aliphatic rings. The Labute approximate surface area is 189 Å². The Balaban J connectivity index is 1.65. The van der Waals surface area contributed by atoms with Crippen LogP contribution in [0.5, 0.6) is 17.2 Å². The minimum atomic E-state index is -0.683. The van der Waals surface area contributed by atoms with Crippen molar-refractivity contribution >= 4 is 5.97 Å². The fourth-order valence-corrected chi connectivity index (χ4v) is 2.81. The van der Waals surface area contributed by atoms with E-state index in [1.54, 1.807) is 0 Å². The van der Waals surface area contributed by atoms with Crippen molar-refractivity contribution in [2.75, 3.05) is 33.7 Å². The number of hydrogen-bond donors (Lipinski definition) is 2. The maximum atomic E-state index is 11.8. The molecule has 0 fully saturated rings. The van der Waals surface area contributed by atoms with Crippen molar-refractivity contribution < 1.29 is 28.5 Å². The fourth-order valence-electron chi connectivity index (χ4n) is 2.81. The number of hydrogen-bond acceptors (Lipinski definition) is 8. The molecule has 0 aromatic heterocycles. The van der Waals surface area contributed by atoms with Gasteiger partial charge in [0.15, 0.2) is 6.10 Å². The van der Waals surface area contributed by atoms with Gasteiger partial charge < -0.3 is 29.4 Å². The average molecular weight is 447 g/mol. The molecule has 0 heterocycles. The summed E-state index contributed by atoms with van der Waals surface area (Å²) in [6, 6.07) is 15.2. The highest BCUT2D eigenvalue weighted by Gasteiger charge is 2.19. The number of carbonyl (C=O) groups is 1. The minimum absolute atomic E-state index is 0.132. The Hall–Kier alpha value is -2.81. The summed E-state index contributed by atoms with van der Waals surface area (Å²) in [7, 11) is 1.47. The van der Waals surface area contributed by atoms with Gasteiger partial charge in [0.2, 0.25) is 0 Å². The fraction of sp³-hybridized carbons (Fsp3) is 0.458. The molecule has 2 rings (SSSR count). The molecule has 176 valence electrons. The van der Waals surface area contributed by atoms with Gasteiger partial charge in [-0.1, -0.05) is 12.1 Å². The molecule has 0 saturated heterocycles. The van der Waals surface area contributed by atoms with Gasteiger partial charge >= 0.3 is 5.97 Å². The lowest BCUT2D eigenvalue weighted by Crippen LogP contribution is -2.29. The molecule has 2 aromatic carbocycles. The van der Waals surface area contributed by atoms with Crippen LogP contribution in [0, 0.1) is 0 Å². The van der Waals surface area contributed by atoms with Gasteiger partial charge in [0.1, 0.15) is 24.0 Å². The normalized spacial score (nSPS) is 12.6. The predicted molar refractivity (Wildman–Crippen MR) is 122 cm³/mol. The maximum absolute atomic E-state index is 11.8. The van der Waals surface area contributed by atoms with Crippen molar-refractivity contribution in [3.8, 4) is 17.2 Å². The second-order valence-corrected chi connectivity index (χ2v) is 7.34. The highest BCUT2D eigenvalue weighted by atomic mass is 16.6. The predicted octanol–water partition coefficient (Wildman–Crippen LogP) is 2.67. The standard InChI is InChI=1S/C24H34N2O6/c1-18(26)12-15-31-22-10-8-21(9-11-22)30-14-3-13-29-20-6-4-19(5-7-20)16-23(28-2)24(27)32-17-25/h4-11,18,23H,3,12-17,25-26H2,1-2H3. The molecule has 0 radical (unpaired) electrons. The maximum Gasteiger partial charge on any atom is 0.336 e. The number of esters is 1. The third-order valence-corrected chi connectivity index (χ3v) is 4.61. The molecule has 0 amide bonds. The van der Waals surface area contributed by atoms with Crippen LogP contribution in [0.4, 0.5) is 0 Å². The van der Waals surface area contributed by atoms with Crippen LogP contribution in [-0.4, -0.2) is 51.8 Å². The lowest BCUT2D eigenvalue weighted by Gasteiger charge is -2.14. The van der Waals surface area contributed by atoms with Crippen molar-refractivity contribution in [3.63, 3.8) is 0 Å². The Morgan fingerprint density at radius 3 is 1.84 bits per heavy atom. The Morgan fingerprint density at radius 2 is 1.38 bits per heavy atom. The van der Waals surface area contributed by atoms with Crippen LogP contribution in [0.3, 0.4) is 0 Å². The lowest BCUT2D eigenvalue weighted by molar-refractivity contribution is -0.155. The quantitative estimate of drug-likeness (QED) is 0.244. The summed E-state index contributed by atoms with van der Waals surface area (Å²) in [5.41, 5.74) is 11.9. The topological polar surface area (TPSA) is 115 Å². The van der Waals surface area contributed by atoms with Gasteiger partial charge in [0, 0.05) is 26.0 Å². The molecule has 8 heteroatoms. The van der Waals surface area contributed by atoms with Gasteiger partial charge in [0.05, 0.1) is 19.8 Å². The molecule has 8 nitrogen and oxygen atoms in total. The van der Waals surface area contributed by atoms with E-state index in [-0.39, 0.29) is 12.8 Å². The van der Waals surface area contributed by atoms with E-state index in [0.29, 0.717) is 26.2 Å². The molecular formula is C24H34N2O6. The molecule has 0 bridgehead atoms. The van der Waals surface area contributed by atoms with Gasteiger partial charge in [-0.15, -0.1) is 0 Å². The average Bonchev–Trinajstić information content (AvgIpc) is 2.79. The SMILES string of the molecule is COC(Cc1ccc(OCCCOc2ccc(OCCC(C)N)cc2)cc1)C(=O)OCN. The summed E-state index contributed by atoms with van der Waals surface area (Å²) in [4.78, 5) is 11.8. The molecule has 4 N–H and O–H groups in total. The van der Waals surface area contributed by atoms with Crippen molar-refractivity contribution in [2.45, 2.75) is 38.3 Å². The van der Waals surface area contributed by atoms with E-state index >= 15 is 0 Å². The van der Waals surface area contributed by atoms with E-state index in [1.165, 1.54) is 7.11 Å². The zero-order valence-electron chi connectivity index (χ0n) is 18.8. The summed E-state index contributed by atoms with van der Waals surface area (Å²) in [6.45, 7) is 3.47. The molecule has 2 unspecified atom stereocenters. The summed E-state index contributed by atoms with van der Waals surface area (Å²) < 4.78 is 27.1. The number of carbonyl (C=O) groups excluding carboxylic acids is 1. The summed E-state index contributed by atoms with van der Waals surface area (Å²) in [5, 5.41) is 0. The van der Waals surface area contributed by atoms with Crippen LogP contribution in [0.1, 0.15) is 25.3 Å². The number of benzene rings is 2. The third kappa shape index (κ3) is 9.55. The van der Waals surface area contributed by atoms with E-state index < -0.39 is 12.1 Å². The Kier molecular flexibility index (Phi) is 11.4. The smallest absolute Gasteiger partial charge is 0.336 e. The van der Waals surface area contributed by atoms with Crippen LogP contribution >= 0.6 is 0 Å². The molecule has 0 spiro atoms. The number of rotatable bonds is 15. The van der Waals surface area contributed by atoms with Crippen LogP contribution in [0.15, 0.2) is 48.5 Å². The van der Waals surface area contributed by atoms with E-state index in [1.807, 2.05) is 55.5 Å². The first-order chi connectivity index (χ1) is 15.5. The van der Waals surface area contributed by atoms with Gasteiger partial charge in [0.25, 0.3) is 0 Å². The molecule has 2 atom stereocenters. The number of nitrogens with two attached hydrogens (primary N) is 2. The minimum Gasteiger partial charge on any atom is -0.494 e. The number of methoxy groups -OCH3 is 1.